The third-order valence-electron chi connectivity index (χ3n) is 2.98. The van der Waals surface area contributed by atoms with Gasteiger partial charge in [-0.05, 0) is 31.5 Å². The van der Waals surface area contributed by atoms with Gasteiger partial charge < -0.3 is 11.1 Å². The standard InChI is InChI=1S/C13H20FN3O3S/c1-4-16-13(18)8-17(5-2)21(19,20)12-7-11(15)9(3)6-10(12)14/h6-7H,4-5,8,15H2,1-3H3,(H,16,18). The smallest absolute Gasteiger partial charge is 0.246 e. The van der Waals surface area contributed by atoms with Crippen molar-refractivity contribution in [3.63, 3.8) is 0 Å². The van der Waals surface area contributed by atoms with E-state index in [-0.39, 0.29) is 18.8 Å². The number of nitrogens with two attached hydrogens (primary N) is 1. The van der Waals surface area contributed by atoms with Crippen LogP contribution in [-0.4, -0.2) is 38.3 Å². The number of nitrogens with one attached hydrogen (secondary N) is 1. The molecule has 0 aromatic heterocycles. The van der Waals surface area contributed by atoms with Gasteiger partial charge in [-0.15, -0.1) is 0 Å². The number of anilines is 1. The summed E-state index contributed by atoms with van der Waals surface area (Å²) in [5, 5.41) is 2.51. The Balaban J connectivity index is 3.19. The highest BCUT2D eigenvalue weighted by atomic mass is 32.2. The number of nitrogens with zero attached hydrogens (tertiary/aromatic N) is 1. The zero-order valence-corrected chi connectivity index (χ0v) is 13.1. The zero-order valence-electron chi connectivity index (χ0n) is 12.3. The zero-order chi connectivity index (χ0) is 16.2. The van der Waals surface area contributed by atoms with E-state index in [0.717, 1.165) is 16.4 Å². The number of hydrogen-bond donors (Lipinski definition) is 2. The Labute approximate surface area is 124 Å². The number of carbonyl (C=O) groups is 1. The molecule has 3 N–H and O–H groups in total. The van der Waals surface area contributed by atoms with Gasteiger partial charge in [-0.3, -0.25) is 4.79 Å². The summed E-state index contributed by atoms with van der Waals surface area (Å²) in [5.74, 6) is -1.32. The van der Waals surface area contributed by atoms with Crippen LogP contribution in [0.15, 0.2) is 17.0 Å². The van der Waals surface area contributed by atoms with Crippen molar-refractivity contribution in [3.05, 3.63) is 23.5 Å². The molecule has 0 aliphatic heterocycles. The number of sulfonamides is 1. The number of hydrogen-bond acceptors (Lipinski definition) is 4. The molecule has 1 amide bonds. The Morgan fingerprint density at radius 3 is 2.52 bits per heavy atom. The van der Waals surface area contributed by atoms with Crippen molar-refractivity contribution in [1.29, 1.82) is 0 Å². The summed E-state index contributed by atoms with van der Waals surface area (Å²) in [6, 6.07) is 2.16. The molecule has 1 aromatic rings. The van der Waals surface area contributed by atoms with Crippen molar-refractivity contribution in [3.8, 4) is 0 Å². The largest absolute Gasteiger partial charge is 0.398 e. The summed E-state index contributed by atoms with van der Waals surface area (Å²) in [4.78, 5) is 11.0. The number of benzene rings is 1. The molecule has 0 fully saturated rings. The fraction of sp³-hybridized carbons (Fsp3) is 0.462. The van der Waals surface area contributed by atoms with Crippen molar-refractivity contribution in [2.24, 2.45) is 0 Å². The van der Waals surface area contributed by atoms with E-state index in [0.29, 0.717) is 12.1 Å². The predicted octanol–water partition coefficient (Wildman–Crippen LogP) is 0.863. The summed E-state index contributed by atoms with van der Waals surface area (Å²) < 4.78 is 39.7. The highest BCUT2D eigenvalue weighted by molar-refractivity contribution is 7.89. The van der Waals surface area contributed by atoms with Crippen molar-refractivity contribution in [1.82, 2.24) is 9.62 Å². The van der Waals surface area contributed by atoms with Crippen LogP contribution in [0.3, 0.4) is 0 Å². The van der Waals surface area contributed by atoms with Crippen LogP contribution in [0.5, 0.6) is 0 Å². The quantitative estimate of drug-likeness (QED) is 0.761. The lowest BCUT2D eigenvalue weighted by Gasteiger charge is -2.20. The van der Waals surface area contributed by atoms with Gasteiger partial charge in [-0.1, -0.05) is 6.92 Å². The fourth-order valence-electron chi connectivity index (χ4n) is 1.79. The summed E-state index contributed by atoms with van der Waals surface area (Å²) in [6.45, 7) is 4.96. The van der Waals surface area contributed by atoms with Crippen molar-refractivity contribution in [2.75, 3.05) is 25.4 Å². The second-order valence-corrected chi connectivity index (χ2v) is 6.43. The Bertz CT molecular complexity index is 632. The molecule has 1 rings (SSSR count). The van der Waals surface area contributed by atoms with Crippen LogP contribution in [0.1, 0.15) is 19.4 Å². The van der Waals surface area contributed by atoms with E-state index in [2.05, 4.69) is 5.32 Å². The van der Waals surface area contributed by atoms with Gasteiger partial charge >= 0.3 is 0 Å². The molecule has 0 aliphatic rings. The minimum absolute atomic E-state index is 0.0483. The second-order valence-electron chi connectivity index (χ2n) is 4.52. The Hall–Kier alpha value is -1.67. The summed E-state index contributed by atoms with van der Waals surface area (Å²) >= 11 is 0. The van der Waals surface area contributed by atoms with Gasteiger partial charge in [0.05, 0.1) is 6.54 Å². The number of nitrogen functional groups attached to an aromatic ring is 1. The average molecular weight is 317 g/mol. The Morgan fingerprint density at radius 1 is 1.38 bits per heavy atom. The third kappa shape index (κ3) is 3.92. The molecule has 0 saturated carbocycles. The number of rotatable bonds is 6. The number of halogens is 1. The molecule has 1 aromatic carbocycles. The van der Waals surface area contributed by atoms with Crippen LogP contribution in [0.4, 0.5) is 10.1 Å². The highest BCUT2D eigenvalue weighted by Crippen LogP contribution is 2.24. The molecular weight excluding hydrogens is 297 g/mol. The van der Waals surface area contributed by atoms with E-state index < -0.39 is 26.6 Å². The minimum Gasteiger partial charge on any atom is -0.398 e. The van der Waals surface area contributed by atoms with Gasteiger partial charge in [-0.2, -0.15) is 4.31 Å². The first-order valence-electron chi connectivity index (χ1n) is 6.56. The van der Waals surface area contributed by atoms with E-state index in [4.69, 9.17) is 5.73 Å². The molecule has 0 unspecified atom stereocenters. The molecule has 118 valence electrons. The van der Waals surface area contributed by atoms with Crippen LogP contribution in [-0.2, 0) is 14.8 Å². The molecule has 0 saturated heterocycles. The van der Waals surface area contributed by atoms with Crippen molar-refractivity contribution >= 4 is 21.6 Å². The normalized spacial score (nSPS) is 11.7. The first kappa shape index (κ1) is 17.4. The number of carbonyl (C=O) groups excluding carboxylic acids is 1. The van der Waals surface area contributed by atoms with Gasteiger partial charge in [0, 0.05) is 18.8 Å². The van der Waals surface area contributed by atoms with Gasteiger partial charge in [-0.25, -0.2) is 12.8 Å². The molecule has 21 heavy (non-hydrogen) atoms. The molecule has 0 atom stereocenters. The Morgan fingerprint density at radius 2 is 2.00 bits per heavy atom. The molecule has 0 radical (unpaired) electrons. The van der Waals surface area contributed by atoms with Gasteiger partial charge in [0.15, 0.2) is 0 Å². The van der Waals surface area contributed by atoms with Crippen LogP contribution < -0.4 is 11.1 Å². The molecule has 0 bridgehead atoms. The number of aryl methyl sites for hydroxylation is 1. The van der Waals surface area contributed by atoms with Crippen molar-refractivity contribution < 1.29 is 17.6 Å². The topological polar surface area (TPSA) is 92.5 Å². The summed E-state index contributed by atoms with van der Waals surface area (Å²) in [7, 11) is -4.12. The van der Waals surface area contributed by atoms with E-state index in [1.165, 1.54) is 0 Å². The predicted molar refractivity (Wildman–Crippen MR) is 78.7 cm³/mol. The lowest BCUT2D eigenvalue weighted by Crippen LogP contribution is -2.40. The second kappa shape index (κ2) is 6.86. The van der Waals surface area contributed by atoms with E-state index in [1.807, 2.05) is 0 Å². The molecule has 0 spiro atoms. The lowest BCUT2D eigenvalue weighted by atomic mass is 10.2. The van der Waals surface area contributed by atoms with E-state index >= 15 is 0 Å². The molecule has 6 nitrogen and oxygen atoms in total. The molecule has 0 aliphatic carbocycles. The van der Waals surface area contributed by atoms with Gasteiger partial charge in [0.25, 0.3) is 0 Å². The number of amides is 1. The SMILES string of the molecule is CCNC(=O)CN(CC)S(=O)(=O)c1cc(N)c(C)cc1F. The van der Waals surface area contributed by atoms with Crippen LogP contribution in [0.25, 0.3) is 0 Å². The first-order valence-corrected chi connectivity index (χ1v) is 8.00. The van der Waals surface area contributed by atoms with Crippen LogP contribution in [0, 0.1) is 12.7 Å². The fourth-order valence-corrected chi connectivity index (χ4v) is 3.27. The van der Waals surface area contributed by atoms with Crippen LogP contribution in [0.2, 0.25) is 0 Å². The summed E-state index contributed by atoms with van der Waals surface area (Å²) in [5.41, 5.74) is 6.29. The third-order valence-corrected chi connectivity index (χ3v) is 4.92. The average Bonchev–Trinajstić information content (AvgIpc) is 2.40. The monoisotopic (exact) mass is 317 g/mol. The van der Waals surface area contributed by atoms with E-state index in [9.17, 15) is 17.6 Å². The molecule has 0 heterocycles. The lowest BCUT2D eigenvalue weighted by molar-refractivity contribution is -0.121. The van der Waals surface area contributed by atoms with Gasteiger partial charge in [0.2, 0.25) is 15.9 Å². The highest BCUT2D eigenvalue weighted by Gasteiger charge is 2.28. The van der Waals surface area contributed by atoms with Crippen molar-refractivity contribution in [2.45, 2.75) is 25.7 Å². The Kier molecular flexibility index (Phi) is 5.68. The maximum absolute atomic E-state index is 13.9. The summed E-state index contributed by atoms with van der Waals surface area (Å²) in [6.07, 6.45) is 0. The minimum atomic E-state index is -4.12. The number of likely N-dealkylation sites (N-methyl/N-ethyl adjacent to an activating group) is 2. The van der Waals surface area contributed by atoms with Crippen LogP contribution >= 0.6 is 0 Å². The first-order chi connectivity index (χ1) is 9.73. The molecular formula is C13H20FN3O3S. The van der Waals surface area contributed by atoms with Gasteiger partial charge in [0.1, 0.15) is 10.7 Å². The molecule has 8 heteroatoms. The van der Waals surface area contributed by atoms with E-state index in [1.54, 1.807) is 20.8 Å². The maximum atomic E-state index is 13.9. The maximum Gasteiger partial charge on any atom is 0.246 e.